The average molecular weight is 386 g/mol. The van der Waals surface area contributed by atoms with Crippen LogP contribution in [-0.4, -0.2) is 42.3 Å². The number of imide groups is 1. The number of benzene rings is 2. The van der Waals surface area contributed by atoms with E-state index in [0.717, 1.165) is 10.5 Å². The van der Waals surface area contributed by atoms with Gasteiger partial charge in [-0.25, -0.2) is 9.18 Å². The fourth-order valence-corrected chi connectivity index (χ4v) is 3.31. The van der Waals surface area contributed by atoms with Gasteiger partial charge in [0.1, 0.15) is 23.7 Å². The summed E-state index contributed by atoms with van der Waals surface area (Å²) in [6.45, 7) is 2.08. The number of nitrogens with one attached hydrogen (secondary N) is 1. The maximum absolute atomic E-state index is 12.9. The first-order chi connectivity index (χ1) is 13.4. The van der Waals surface area contributed by atoms with E-state index < -0.39 is 11.6 Å². The normalized spacial score (nSPS) is 20.4. The Hall–Kier alpha value is -3.29. The lowest BCUT2D eigenvalue weighted by molar-refractivity contribution is -0.131. The number of hydrogen-bond acceptors (Lipinski definition) is 5. The molecule has 1 fully saturated rings. The van der Waals surface area contributed by atoms with E-state index in [2.05, 4.69) is 5.32 Å². The summed E-state index contributed by atoms with van der Waals surface area (Å²) in [5.41, 5.74) is -0.203. The fraction of sp³-hybridized carbons (Fsp3) is 0.300. The molecule has 2 aliphatic heterocycles. The monoisotopic (exact) mass is 386 g/mol. The van der Waals surface area contributed by atoms with Crippen LogP contribution in [0.5, 0.6) is 17.2 Å². The summed E-state index contributed by atoms with van der Waals surface area (Å²) in [7, 11) is 0. The lowest BCUT2D eigenvalue weighted by Gasteiger charge is -2.22. The van der Waals surface area contributed by atoms with E-state index in [9.17, 15) is 14.0 Å². The van der Waals surface area contributed by atoms with Gasteiger partial charge >= 0.3 is 6.03 Å². The molecule has 146 valence electrons. The molecule has 2 aromatic rings. The van der Waals surface area contributed by atoms with E-state index in [1.54, 1.807) is 13.0 Å². The van der Waals surface area contributed by atoms with Crippen LogP contribution in [0.4, 0.5) is 9.18 Å². The Labute approximate surface area is 161 Å². The molecule has 2 aliphatic rings. The zero-order valence-corrected chi connectivity index (χ0v) is 15.2. The molecule has 0 aliphatic carbocycles. The predicted molar refractivity (Wildman–Crippen MR) is 96.8 cm³/mol. The fourth-order valence-electron chi connectivity index (χ4n) is 3.31. The van der Waals surface area contributed by atoms with Gasteiger partial charge in [-0.15, -0.1) is 0 Å². The van der Waals surface area contributed by atoms with Crippen LogP contribution in [-0.2, 0) is 11.2 Å². The first-order valence-corrected chi connectivity index (χ1v) is 8.86. The molecule has 0 aromatic heterocycles. The number of amides is 3. The number of ether oxygens (including phenoxy) is 3. The van der Waals surface area contributed by atoms with Gasteiger partial charge in [0.25, 0.3) is 5.91 Å². The summed E-state index contributed by atoms with van der Waals surface area (Å²) in [5, 5.41) is 2.76. The molecular formula is C20H19FN2O5. The van der Waals surface area contributed by atoms with Crippen molar-refractivity contribution in [1.82, 2.24) is 10.2 Å². The van der Waals surface area contributed by atoms with Crippen LogP contribution in [0, 0.1) is 5.82 Å². The molecule has 1 saturated heterocycles. The Bertz CT molecular complexity index is 917. The van der Waals surface area contributed by atoms with Gasteiger partial charge in [-0.2, -0.15) is 0 Å². The smallest absolute Gasteiger partial charge is 0.325 e. The van der Waals surface area contributed by atoms with Crippen molar-refractivity contribution in [3.05, 3.63) is 53.8 Å². The maximum Gasteiger partial charge on any atom is 0.325 e. The second kappa shape index (κ2) is 7.03. The van der Waals surface area contributed by atoms with Crippen LogP contribution in [0.25, 0.3) is 0 Å². The molecule has 7 nitrogen and oxygen atoms in total. The Morgan fingerprint density at radius 3 is 2.68 bits per heavy atom. The van der Waals surface area contributed by atoms with Crippen molar-refractivity contribution < 1.29 is 28.2 Å². The number of nitrogens with zero attached hydrogens (tertiary/aromatic N) is 1. The molecule has 0 bridgehead atoms. The third-order valence-electron chi connectivity index (χ3n) is 4.74. The molecule has 0 unspecified atom stereocenters. The minimum atomic E-state index is -1.05. The molecule has 1 N–H and O–H groups in total. The summed E-state index contributed by atoms with van der Waals surface area (Å²) < 4.78 is 29.1. The number of halogens is 1. The molecule has 0 saturated carbocycles. The third-order valence-corrected chi connectivity index (χ3v) is 4.74. The van der Waals surface area contributed by atoms with Gasteiger partial charge in [-0.05, 0) is 48.9 Å². The number of carbonyl (C=O) groups is 2. The van der Waals surface area contributed by atoms with Crippen molar-refractivity contribution in [3.8, 4) is 17.2 Å². The third kappa shape index (κ3) is 3.45. The molecular weight excluding hydrogens is 367 g/mol. The Balaban J connectivity index is 1.39. The SMILES string of the molecule is C[C@]1(Cc2ccc3c(c2)OCO3)NC(=O)N(CCOc2ccc(F)cc2)C1=O. The Morgan fingerprint density at radius 2 is 1.89 bits per heavy atom. The highest BCUT2D eigenvalue weighted by Gasteiger charge is 2.47. The lowest BCUT2D eigenvalue weighted by Crippen LogP contribution is -2.46. The molecule has 0 radical (unpaired) electrons. The van der Waals surface area contributed by atoms with Gasteiger partial charge in [0.05, 0.1) is 6.54 Å². The average Bonchev–Trinajstić information content (AvgIpc) is 3.21. The Kier molecular flexibility index (Phi) is 4.54. The molecule has 2 heterocycles. The number of carbonyl (C=O) groups excluding carboxylic acids is 2. The number of fused-ring (bicyclic) bond motifs is 1. The van der Waals surface area contributed by atoms with Crippen LogP contribution in [0.3, 0.4) is 0 Å². The van der Waals surface area contributed by atoms with Crippen molar-refractivity contribution in [1.29, 1.82) is 0 Å². The summed E-state index contributed by atoms with van der Waals surface area (Å²) in [4.78, 5) is 26.3. The first-order valence-electron chi connectivity index (χ1n) is 8.86. The van der Waals surface area contributed by atoms with Crippen molar-refractivity contribution in [3.63, 3.8) is 0 Å². The van der Waals surface area contributed by atoms with Crippen LogP contribution >= 0.6 is 0 Å². The van der Waals surface area contributed by atoms with Crippen LogP contribution in [0.15, 0.2) is 42.5 Å². The number of urea groups is 1. The van der Waals surface area contributed by atoms with Gasteiger partial charge in [0.15, 0.2) is 11.5 Å². The second-order valence-corrected chi connectivity index (χ2v) is 6.89. The molecule has 3 amide bonds. The van der Waals surface area contributed by atoms with Crippen molar-refractivity contribution in [2.75, 3.05) is 19.9 Å². The highest BCUT2D eigenvalue weighted by atomic mass is 19.1. The predicted octanol–water partition coefficient (Wildman–Crippen LogP) is 2.49. The molecule has 2 aromatic carbocycles. The van der Waals surface area contributed by atoms with Crippen molar-refractivity contribution in [2.24, 2.45) is 0 Å². The van der Waals surface area contributed by atoms with Crippen LogP contribution in [0.1, 0.15) is 12.5 Å². The van der Waals surface area contributed by atoms with Crippen LogP contribution in [0.2, 0.25) is 0 Å². The zero-order chi connectivity index (χ0) is 19.7. The molecule has 8 heteroatoms. The van der Waals surface area contributed by atoms with Gasteiger partial charge in [0, 0.05) is 6.42 Å². The van der Waals surface area contributed by atoms with E-state index in [1.165, 1.54) is 24.3 Å². The summed E-state index contributed by atoms with van der Waals surface area (Å²) >= 11 is 0. The van der Waals surface area contributed by atoms with Gasteiger partial charge in [-0.1, -0.05) is 6.07 Å². The summed E-state index contributed by atoms with van der Waals surface area (Å²) in [6, 6.07) is 10.5. The van der Waals surface area contributed by atoms with Crippen molar-refractivity contribution >= 4 is 11.9 Å². The van der Waals surface area contributed by atoms with Gasteiger partial charge in [-0.3, -0.25) is 9.69 Å². The van der Waals surface area contributed by atoms with Gasteiger partial charge < -0.3 is 19.5 Å². The summed E-state index contributed by atoms with van der Waals surface area (Å²) in [6.07, 6.45) is 0.323. The Morgan fingerprint density at radius 1 is 1.14 bits per heavy atom. The number of rotatable bonds is 6. The molecule has 1 atom stereocenters. The van der Waals surface area contributed by atoms with E-state index in [0.29, 0.717) is 23.7 Å². The molecule has 28 heavy (non-hydrogen) atoms. The van der Waals surface area contributed by atoms with E-state index >= 15 is 0 Å². The zero-order valence-electron chi connectivity index (χ0n) is 15.2. The second-order valence-electron chi connectivity index (χ2n) is 6.89. The number of hydrogen-bond donors (Lipinski definition) is 1. The van der Waals surface area contributed by atoms with Crippen LogP contribution < -0.4 is 19.5 Å². The highest BCUT2D eigenvalue weighted by molar-refractivity contribution is 6.07. The largest absolute Gasteiger partial charge is 0.492 e. The van der Waals surface area contributed by atoms with Crippen molar-refractivity contribution in [2.45, 2.75) is 18.9 Å². The molecule has 0 spiro atoms. The first kappa shape index (κ1) is 18.1. The molecule has 4 rings (SSSR count). The standard InChI is InChI=1S/C20H19FN2O5/c1-20(11-13-2-7-16-17(10-13)28-12-27-16)18(24)23(19(25)22-20)8-9-26-15-5-3-14(21)4-6-15/h2-7,10H,8-9,11-12H2,1H3,(H,22,25)/t20-/m1/s1. The van der Waals surface area contributed by atoms with Gasteiger partial charge in [0.2, 0.25) is 6.79 Å². The van der Waals surface area contributed by atoms with E-state index in [1.807, 2.05) is 12.1 Å². The summed E-state index contributed by atoms with van der Waals surface area (Å²) in [5.74, 6) is 1.08. The quantitative estimate of drug-likeness (QED) is 0.772. The topological polar surface area (TPSA) is 77.1 Å². The van der Waals surface area contributed by atoms with E-state index in [4.69, 9.17) is 14.2 Å². The maximum atomic E-state index is 12.9. The minimum Gasteiger partial charge on any atom is -0.492 e. The van der Waals surface area contributed by atoms with E-state index in [-0.39, 0.29) is 31.7 Å². The lowest BCUT2D eigenvalue weighted by atomic mass is 9.92. The highest BCUT2D eigenvalue weighted by Crippen LogP contribution is 2.34. The minimum absolute atomic E-state index is 0.0960.